The minimum absolute atomic E-state index is 0. The Morgan fingerprint density at radius 1 is 0.656 bits per heavy atom. The van der Waals surface area contributed by atoms with Crippen molar-refractivity contribution in [3.8, 4) is 11.4 Å². The monoisotopic (exact) mass is 576 g/mol. The molecule has 1 heterocycles. The van der Waals surface area contributed by atoms with Crippen LogP contribution in [0.3, 0.4) is 0 Å². The summed E-state index contributed by atoms with van der Waals surface area (Å²) in [5, 5.41) is 0. The fourth-order valence-corrected chi connectivity index (χ4v) is 4.24. The molecule has 0 aliphatic carbocycles. The summed E-state index contributed by atoms with van der Waals surface area (Å²) >= 11 is 0. The predicted molar refractivity (Wildman–Crippen MR) is 124 cm³/mol. The van der Waals surface area contributed by atoms with Crippen LogP contribution in [0.5, 0.6) is 0 Å². The van der Waals surface area contributed by atoms with Crippen LogP contribution in [-0.4, -0.2) is 4.57 Å². The summed E-state index contributed by atoms with van der Waals surface area (Å²) in [5.74, 6) is 1.92. The van der Waals surface area contributed by atoms with Gasteiger partial charge in [0, 0.05) is 22.3 Å². The average molecular weight is 577 g/mol. The van der Waals surface area contributed by atoms with E-state index in [9.17, 15) is 0 Å². The van der Waals surface area contributed by atoms with Gasteiger partial charge in [-0.2, -0.15) is 0 Å². The van der Waals surface area contributed by atoms with E-state index in [1.54, 1.807) is 0 Å². The van der Waals surface area contributed by atoms with Gasteiger partial charge in [0.05, 0.1) is 0 Å². The molecule has 0 fully saturated rings. The van der Waals surface area contributed by atoms with Crippen molar-refractivity contribution in [1.82, 2.24) is 4.57 Å². The van der Waals surface area contributed by atoms with Gasteiger partial charge in [0.2, 0.25) is 0 Å². The van der Waals surface area contributed by atoms with Crippen LogP contribution in [0.4, 0.5) is 0 Å². The van der Waals surface area contributed by atoms with Crippen LogP contribution in [0.2, 0.25) is 0 Å². The Bertz CT molecular complexity index is 863. The van der Waals surface area contributed by atoms with Crippen molar-refractivity contribution in [2.45, 2.75) is 79.1 Å². The third-order valence-electron chi connectivity index (χ3n) is 5.84. The molecule has 3 rings (SSSR count). The number of aromatic nitrogens is 2. The Labute approximate surface area is 259 Å². The largest absolute Gasteiger partial charge is 1.00 e. The zero-order chi connectivity index (χ0) is 21.3. The van der Waals surface area contributed by atoms with Gasteiger partial charge in [0.25, 0.3) is 6.33 Å². The molecule has 0 N–H and O–H groups in total. The molecular formula is C27H37ClCsFN2. The van der Waals surface area contributed by atoms with E-state index in [1.807, 2.05) is 0 Å². The van der Waals surface area contributed by atoms with E-state index in [0.29, 0.717) is 23.7 Å². The molecule has 5 heteroatoms. The van der Waals surface area contributed by atoms with Crippen molar-refractivity contribution < 1.29 is 90.6 Å². The standard InChI is InChI=1S/C27H37N2.ClH.Cs.FH/c1-18(2)22-11-9-12-23(19(3)4)26(22)28-15-16-29(17-28)27-24(20(5)6)13-10-14-25(27)21(7)8;;;/h9-21H,1-8H3;1H;;1H/q+1;;+1;/p-2. The fraction of sp³-hybridized carbons (Fsp3) is 0.444. The van der Waals surface area contributed by atoms with Crippen molar-refractivity contribution in [3.05, 3.63) is 77.4 Å². The van der Waals surface area contributed by atoms with Gasteiger partial charge in [0.1, 0.15) is 23.8 Å². The van der Waals surface area contributed by atoms with Crippen molar-refractivity contribution >= 4 is 0 Å². The van der Waals surface area contributed by atoms with E-state index in [0.717, 1.165) is 0 Å². The third kappa shape index (κ3) is 6.74. The Morgan fingerprint density at radius 3 is 1.41 bits per heavy atom. The molecule has 0 amide bonds. The zero-order valence-corrected chi connectivity index (χ0v) is 28.2. The van der Waals surface area contributed by atoms with Gasteiger partial charge >= 0.3 is 68.9 Å². The molecule has 1 aromatic heterocycles. The first kappa shape index (κ1) is 31.9. The number of rotatable bonds is 6. The molecule has 0 unspecified atom stereocenters. The molecule has 0 radical (unpaired) electrons. The summed E-state index contributed by atoms with van der Waals surface area (Å²) in [6, 6.07) is 13.5. The van der Waals surface area contributed by atoms with Gasteiger partial charge in [-0.3, -0.25) is 0 Å². The van der Waals surface area contributed by atoms with Crippen molar-refractivity contribution in [3.63, 3.8) is 0 Å². The normalized spacial score (nSPS) is 10.9. The molecule has 2 aromatic carbocycles. The first-order valence-corrected chi connectivity index (χ1v) is 11.1. The Morgan fingerprint density at radius 2 is 1.03 bits per heavy atom. The van der Waals surface area contributed by atoms with Crippen LogP contribution in [-0.2, 0) is 0 Å². The minimum atomic E-state index is 0. The molecule has 32 heavy (non-hydrogen) atoms. The van der Waals surface area contributed by atoms with Gasteiger partial charge in [-0.15, -0.1) is 0 Å². The van der Waals surface area contributed by atoms with Crippen LogP contribution in [0, 0.1) is 0 Å². The van der Waals surface area contributed by atoms with Crippen LogP contribution >= 0.6 is 0 Å². The number of hydrogen-bond acceptors (Lipinski definition) is 0. The van der Waals surface area contributed by atoms with E-state index >= 15 is 0 Å². The topological polar surface area (TPSA) is 8.81 Å². The number of para-hydroxylation sites is 2. The molecule has 0 atom stereocenters. The van der Waals surface area contributed by atoms with Crippen molar-refractivity contribution in [2.75, 3.05) is 0 Å². The second kappa shape index (κ2) is 13.7. The van der Waals surface area contributed by atoms with Crippen LogP contribution in [0.15, 0.2) is 55.1 Å². The first-order valence-electron chi connectivity index (χ1n) is 11.1. The third-order valence-corrected chi connectivity index (χ3v) is 5.84. The molecule has 0 spiro atoms. The summed E-state index contributed by atoms with van der Waals surface area (Å²) in [5.41, 5.74) is 8.29. The summed E-state index contributed by atoms with van der Waals surface area (Å²) in [4.78, 5) is 0. The fourth-order valence-electron chi connectivity index (χ4n) is 4.24. The number of nitrogens with zero attached hydrogens (tertiary/aromatic N) is 2. The summed E-state index contributed by atoms with van der Waals surface area (Å²) < 4.78 is 4.65. The van der Waals surface area contributed by atoms with Crippen LogP contribution < -0.4 is 90.6 Å². The zero-order valence-electron chi connectivity index (χ0n) is 21.2. The number of halogens is 2. The van der Waals surface area contributed by atoms with E-state index in [4.69, 9.17) is 0 Å². The van der Waals surface area contributed by atoms with Crippen LogP contribution in [0.25, 0.3) is 11.4 Å². The van der Waals surface area contributed by atoms with Crippen LogP contribution in [0.1, 0.15) is 101 Å². The molecule has 0 saturated heterocycles. The number of benzene rings is 2. The quantitative estimate of drug-likeness (QED) is 0.308. The molecule has 0 bridgehead atoms. The van der Waals surface area contributed by atoms with Gasteiger partial charge in [-0.1, -0.05) is 91.8 Å². The Hall–Kier alpha value is -0.0781. The second-order valence-corrected chi connectivity index (χ2v) is 9.42. The summed E-state index contributed by atoms with van der Waals surface area (Å²) in [6.07, 6.45) is 6.70. The first-order chi connectivity index (χ1) is 13.7. The molecule has 3 aromatic rings. The average Bonchev–Trinajstić information content (AvgIpc) is 3.15. The molecule has 0 aliphatic rings. The van der Waals surface area contributed by atoms with Gasteiger partial charge in [0.15, 0.2) is 0 Å². The van der Waals surface area contributed by atoms with E-state index in [-0.39, 0.29) is 86.0 Å². The van der Waals surface area contributed by atoms with Crippen molar-refractivity contribution in [1.29, 1.82) is 0 Å². The number of imidazole rings is 1. The maximum atomic E-state index is 2.33. The molecule has 170 valence electrons. The van der Waals surface area contributed by atoms with Gasteiger partial charge in [-0.05, 0) is 23.7 Å². The molecule has 0 saturated carbocycles. The van der Waals surface area contributed by atoms with E-state index in [1.165, 1.54) is 33.6 Å². The smallest absolute Gasteiger partial charge is 1.00 e. The van der Waals surface area contributed by atoms with Gasteiger partial charge in [-0.25, -0.2) is 9.13 Å². The Balaban J connectivity index is 0.00000320. The minimum Gasteiger partial charge on any atom is -1.00 e. The SMILES string of the molecule is CC(C)c1cccc(C(C)C)c1-n1cc[n+](-c2c(C(C)C)cccc2C(C)C)c1.[Cl-].[Cs+].[F-]. The maximum absolute atomic E-state index is 2.33. The molecule has 2 nitrogen and oxygen atoms in total. The van der Waals surface area contributed by atoms with Crippen molar-refractivity contribution in [2.24, 2.45) is 0 Å². The maximum Gasteiger partial charge on any atom is 1.00 e. The predicted octanol–water partition coefficient (Wildman–Crippen LogP) is -1.74. The summed E-state index contributed by atoms with van der Waals surface area (Å²) in [6.45, 7) is 18.3. The van der Waals surface area contributed by atoms with E-state index < -0.39 is 0 Å². The molecule has 0 aliphatic heterocycles. The molecular weight excluding hydrogens is 540 g/mol. The van der Waals surface area contributed by atoms with E-state index in [2.05, 4.69) is 120 Å². The second-order valence-electron chi connectivity index (χ2n) is 9.42. The van der Waals surface area contributed by atoms with Gasteiger partial charge < -0.3 is 17.1 Å². The Kier molecular flexibility index (Phi) is 13.7. The summed E-state index contributed by atoms with van der Waals surface area (Å²) in [7, 11) is 0. The number of hydrogen-bond donors (Lipinski definition) is 0.